The van der Waals surface area contributed by atoms with Crippen molar-refractivity contribution in [2.45, 2.75) is 13.3 Å². The first-order valence-electron chi connectivity index (χ1n) is 4.80. The van der Waals surface area contributed by atoms with Gasteiger partial charge in [-0.25, -0.2) is 0 Å². The average Bonchev–Trinajstić information content (AvgIpc) is 2.70. The summed E-state index contributed by atoms with van der Waals surface area (Å²) in [6, 6.07) is 7.36. The van der Waals surface area contributed by atoms with E-state index in [2.05, 4.69) is 11.1 Å². The fourth-order valence-electron chi connectivity index (χ4n) is 1.62. The number of carbonyl (C=O) groups is 1. The number of Topliss-reactive ketones (excluding diaryl/α,β-unsaturated/α-hetero) is 1. The minimum atomic E-state index is 0.117. The van der Waals surface area contributed by atoms with Gasteiger partial charge < -0.3 is 4.98 Å². The van der Waals surface area contributed by atoms with E-state index in [0.29, 0.717) is 17.5 Å². The molecule has 1 aromatic heterocycles. The Morgan fingerprint density at radius 2 is 2.33 bits per heavy atom. The molecule has 0 bridgehead atoms. The van der Waals surface area contributed by atoms with Gasteiger partial charge in [0.1, 0.15) is 0 Å². The lowest BCUT2D eigenvalue weighted by Gasteiger charge is -1.95. The van der Waals surface area contributed by atoms with Crippen LogP contribution in [-0.4, -0.2) is 10.8 Å². The van der Waals surface area contributed by atoms with Crippen LogP contribution < -0.4 is 0 Å². The summed E-state index contributed by atoms with van der Waals surface area (Å²) in [4.78, 5) is 14.6. The largest absolute Gasteiger partial charge is 0.360 e. The fourth-order valence-corrected chi connectivity index (χ4v) is 1.62. The van der Waals surface area contributed by atoms with Gasteiger partial charge in [-0.1, -0.05) is 13.0 Å². The lowest BCUT2D eigenvalue weighted by atomic mass is 10.1. The summed E-state index contributed by atoms with van der Waals surface area (Å²) >= 11 is 0. The van der Waals surface area contributed by atoms with Crippen molar-refractivity contribution in [3.8, 4) is 6.07 Å². The number of ketones is 1. The maximum absolute atomic E-state index is 11.6. The number of benzene rings is 1. The molecule has 0 spiro atoms. The third kappa shape index (κ3) is 1.50. The third-order valence-electron chi connectivity index (χ3n) is 2.43. The fraction of sp³-hybridized carbons (Fsp3) is 0.167. The molecule has 15 heavy (non-hydrogen) atoms. The summed E-state index contributed by atoms with van der Waals surface area (Å²) in [5.41, 5.74) is 2.14. The van der Waals surface area contributed by atoms with Crippen molar-refractivity contribution >= 4 is 16.7 Å². The molecule has 0 unspecified atom stereocenters. The number of nitrogens with one attached hydrogen (secondary N) is 1. The Morgan fingerprint density at radius 3 is 3.00 bits per heavy atom. The lowest BCUT2D eigenvalue weighted by molar-refractivity contribution is 0.0990. The van der Waals surface area contributed by atoms with Crippen molar-refractivity contribution in [1.82, 2.24) is 4.98 Å². The van der Waals surface area contributed by atoms with Gasteiger partial charge in [0.05, 0.1) is 11.6 Å². The number of hydrogen-bond donors (Lipinski definition) is 1. The molecule has 3 heteroatoms. The van der Waals surface area contributed by atoms with Crippen LogP contribution in [0.4, 0.5) is 0 Å². The Balaban J connectivity index is 2.63. The van der Waals surface area contributed by atoms with Gasteiger partial charge in [-0.15, -0.1) is 0 Å². The average molecular weight is 198 g/mol. The number of carbonyl (C=O) groups excluding carboxylic acids is 1. The normalized spacial score (nSPS) is 10.1. The molecule has 0 aliphatic rings. The molecule has 1 aromatic carbocycles. The van der Waals surface area contributed by atoms with E-state index in [1.807, 2.05) is 13.0 Å². The minimum absolute atomic E-state index is 0.117. The number of nitriles is 1. The summed E-state index contributed by atoms with van der Waals surface area (Å²) < 4.78 is 0. The highest BCUT2D eigenvalue weighted by Gasteiger charge is 2.09. The molecule has 1 N–H and O–H groups in total. The zero-order valence-electron chi connectivity index (χ0n) is 8.37. The predicted octanol–water partition coefficient (Wildman–Crippen LogP) is 2.63. The van der Waals surface area contributed by atoms with Crippen LogP contribution in [0.5, 0.6) is 0 Å². The summed E-state index contributed by atoms with van der Waals surface area (Å²) in [6.45, 7) is 1.84. The van der Waals surface area contributed by atoms with Gasteiger partial charge in [0.2, 0.25) is 0 Å². The van der Waals surface area contributed by atoms with E-state index < -0.39 is 0 Å². The molecule has 0 fully saturated rings. The van der Waals surface area contributed by atoms with Crippen LogP contribution in [0, 0.1) is 11.3 Å². The first-order chi connectivity index (χ1) is 7.26. The molecule has 2 aromatic rings. The van der Waals surface area contributed by atoms with E-state index in [-0.39, 0.29) is 5.78 Å². The van der Waals surface area contributed by atoms with Crippen molar-refractivity contribution in [3.05, 3.63) is 35.5 Å². The smallest absolute Gasteiger partial charge is 0.164 e. The molecule has 0 amide bonds. The quantitative estimate of drug-likeness (QED) is 0.754. The number of fused-ring (bicyclic) bond motifs is 1. The monoisotopic (exact) mass is 198 g/mol. The van der Waals surface area contributed by atoms with Crippen LogP contribution >= 0.6 is 0 Å². The Labute approximate surface area is 87.3 Å². The number of nitrogens with zero attached hydrogens (tertiary/aromatic N) is 1. The molecule has 0 saturated heterocycles. The summed E-state index contributed by atoms with van der Waals surface area (Å²) in [7, 11) is 0. The van der Waals surface area contributed by atoms with Crippen molar-refractivity contribution in [2.24, 2.45) is 0 Å². The molecule has 0 radical (unpaired) electrons. The van der Waals surface area contributed by atoms with Crippen LogP contribution in [-0.2, 0) is 0 Å². The second-order valence-electron chi connectivity index (χ2n) is 3.35. The Morgan fingerprint density at radius 1 is 1.53 bits per heavy atom. The van der Waals surface area contributed by atoms with Crippen LogP contribution in [0.15, 0.2) is 24.4 Å². The van der Waals surface area contributed by atoms with Crippen molar-refractivity contribution < 1.29 is 4.79 Å². The van der Waals surface area contributed by atoms with Gasteiger partial charge in [-0.2, -0.15) is 5.26 Å². The van der Waals surface area contributed by atoms with Crippen LogP contribution in [0.1, 0.15) is 29.3 Å². The Bertz CT molecular complexity index is 560. The maximum Gasteiger partial charge on any atom is 0.164 e. The molecule has 74 valence electrons. The number of hydrogen-bond acceptors (Lipinski definition) is 2. The zero-order chi connectivity index (χ0) is 10.8. The second kappa shape index (κ2) is 3.58. The van der Waals surface area contributed by atoms with Crippen LogP contribution in [0.25, 0.3) is 10.9 Å². The van der Waals surface area contributed by atoms with Crippen molar-refractivity contribution in [1.29, 1.82) is 5.26 Å². The molecule has 0 saturated carbocycles. The molecule has 1 heterocycles. The van der Waals surface area contributed by atoms with E-state index in [1.165, 1.54) is 0 Å². The van der Waals surface area contributed by atoms with E-state index in [9.17, 15) is 4.79 Å². The molecule has 0 atom stereocenters. The number of H-pyrrole nitrogens is 1. The highest BCUT2D eigenvalue weighted by atomic mass is 16.1. The lowest BCUT2D eigenvalue weighted by Crippen LogP contribution is -1.93. The number of aromatic amines is 1. The molecule has 0 aliphatic heterocycles. The van der Waals surface area contributed by atoms with Crippen molar-refractivity contribution in [2.75, 3.05) is 0 Å². The molecular weight excluding hydrogens is 188 g/mol. The topological polar surface area (TPSA) is 56.6 Å². The summed E-state index contributed by atoms with van der Waals surface area (Å²) in [5.74, 6) is 0.117. The first-order valence-corrected chi connectivity index (χ1v) is 4.80. The van der Waals surface area contributed by atoms with Gasteiger partial charge in [0.15, 0.2) is 5.78 Å². The highest BCUT2D eigenvalue weighted by molar-refractivity contribution is 6.07. The van der Waals surface area contributed by atoms with Gasteiger partial charge >= 0.3 is 0 Å². The van der Waals surface area contributed by atoms with Gasteiger partial charge in [-0.3, -0.25) is 4.79 Å². The van der Waals surface area contributed by atoms with Gasteiger partial charge in [0, 0.05) is 29.1 Å². The zero-order valence-corrected chi connectivity index (χ0v) is 8.37. The Hall–Kier alpha value is -2.08. The summed E-state index contributed by atoms with van der Waals surface area (Å²) in [6.07, 6.45) is 2.20. The van der Waals surface area contributed by atoms with Crippen molar-refractivity contribution in [3.63, 3.8) is 0 Å². The summed E-state index contributed by atoms with van der Waals surface area (Å²) in [5, 5.41) is 9.62. The number of aromatic nitrogens is 1. The van der Waals surface area contributed by atoms with Gasteiger partial charge in [-0.05, 0) is 12.1 Å². The van der Waals surface area contributed by atoms with E-state index in [4.69, 9.17) is 5.26 Å². The number of rotatable bonds is 2. The van der Waals surface area contributed by atoms with E-state index in [1.54, 1.807) is 18.3 Å². The minimum Gasteiger partial charge on any atom is -0.360 e. The van der Waals surface area contributed by atoms with Gasteiger partial charge in [0.25, 0.3) is 0 Å². The SMILES string of the molecule is CCC(=O)c1c[nH]c2cc(C#N)ccc12. The first kappa shape index (κ1) is 9.47. The standard InChI is InChI=1S/C12H10N2O/c1-2-12(15)10-7-14-11-5-8(6-13)3-4-9(10)11/h3-5,7,14H,2H2,1H3. The van der Waals surface area contributed by atoms with E-state index >= 15 is 0 Å². The maximum atomic E-state index is 11.6. The van der Waals surface area contributed by atoms with Crippen LogP contribution in [0.3, 0.4) is 0 Å². The molecular formula is C12H10N2O. The molecule has 3 nitrogen and oxygen atoms in total. The molecule has 2 rings (SSSR count). The predicted molar refractivity (Wildman–Crippen MR) is 57.6 cm³/mol. The van der Waals surface area contributed by atoms with E-state index in [0.717, 1.165) is 10.9 Å². The Kier molecular flexibility index (Phi) is 2.26. The van der Waals surface area contributed by atoms with Crippen LogP contribution in [0.2, 0.25) is 0 Å². The molecule has 0 aliphatic carbocycles. The third-order valence-corrected chi connectivity index (χ3v) is 2.43. The second-order valence-corrected chi connectivity index (χ2v) is 3.35. The highest BCUT2D eigenvalue weighted by Crippen LogP contribution is 2.20.